The minimum absolute atomic E-state index is 0.0888. The van der Waals surface area contributed by atoms with Gasteiger partial charge in [-0.25, -0.2) is 9.69 Å². The lowest BCUT2D eigenvalue weighted by Gasteiger charge is -2.17. The highest BCUT2D eigenvalue weighted by molar-refractivity contribution is 6.35. The van der Waals surface area contributed by atoms with Crippen LogP contribution in [0.4, 0.5) is 5.69 Å². The van der Waals surface area contributed by atoms with E-state index in [0.29, 0.717) is 12.2 Å². The Morgan fingerprint density at radius 1 is 0.857 bits per heavy atom. The highest BCUT2D eigenvalue weighted by Crippen LogP contribution is 2.32. The van der Waals surface area contributed by atoms with Crippen LogP contribution in [0.2, 0.25) is 0 Å². The zero-order valence-electron chi connectivity index (χ0n) is 20.0. The van der Waals surface area contributed by atoms with E-state index in [-0.39, 0.29) is 16.7 Å². The second-order valence-electron chi connectivity index (χ2n) is 8.75. The van der Waals surface area contributed by atoms with Crippen LogP contribution in [0.25, 0.3) is 0 Å². The molecule has 0 bridgehead atoms. The number of esters is 1. The van der Waals surface area contributed by atoms with E-state index in [9.17, 15) is 19.2 Å². The quantitative estimate of drug-likeness (QED) is 0.429. The van der Waals surface area contributed by atoms with Gasteiger partial charge in [-0.3, -0.25) is 14.4 Å². The highest BCUT2D eigenvalue weighted by atomic mass is 16.5. The SMILES string of the molecule is Cc1ccc(CNC(=O)C(C)OC(=O)c2ccc3c(c2)C(=O)N(c2cc(C)ccc2C)C3=O)cc1. The number of fused-ring (bicyclic) bond motifs is 1. The fraction of sp³-hybridized carbons (Fsp3) is 0.214. The van der Waals surface area contributed by atoms with Crippen molar-refractivity contribution in [1.29, 1.82) is 0 Å². The maximum absolute atomic E-state index is 13.1. The number of nitrogens with zero attached hydrogens (tertiary/aromatic N) is 1. The molecule has 1 unspecified atom stereocenters. The number of aryl methyl sites for hydroxylation is 3. The lowest BCUT2D eigenvalue weighted by atomic mass is 10.1. The molecule has 0 aliphatic carbocycles. The molecule has 35 heavy (non-hydrogen) atoms. The first-order chi connectivity index (χ1) is 16.7. The largest absolute Gasteiger partial charge is 0.449 e. The third-order valence-corrected chi connectivity index (χ3v) is 5.97. The van der Waals surface area contributed by atoms with Crippen molar-refractivity contribution in [3.63, 3.8) is 0 Å². The van der Waals surface area contributed by atoms with Crippen molar-refractivity contribution in [2.45, 2.75) is 40.3 Å². The van der Waals surface area contributed by atoms with Gasteiger partial charge < -0.3 is 10.1 Å². The standard InChI is InChI=1S/C28H26N2O5/c1-16-6-9-20(10-7-16)15-29-25(31)19(4)35-28(34)21-11-12-22-23(14-21)27(33)30(26(22)32)24-13-17(2)5-8-18(24)3/h5-14,19H,15H2,1-4H3,(H,29,31). The summed E-state index contributed by atoms with van der Waals surface area (Å²) < 4.78 is 5.31. The summed E-state index contributed by atoms with van der Waals surface area (Å²) in [6, 6.07) is 17.5. The molecule has 0 aromatic heterocycles. The van der Waals surface area contributed by atoms with Crippen LogP contribution in [0.15, 0.2) is 60.7 Å². The topological polar surface area (TPSA) is 92.8 Å². The summed E-state index contributed by atoms with van der Waals surface area (Å²) in [4.78, 5) is 52.3. The van der Waals surface area contributed by atoms with E-state index >= 15 is 0 Å². The van der Waals surface area contributed by atoms with E-state index < -0.39 is 29.8 Å². The molecule has 0 radical (unpaired) electrons. The number of carbonyl (C=O) groups excluding carboxylic acids is 4. The molecule has 1 heterocycles. The van der Waals surface area contributed by atoms with Crippen molar-refractivity contribution in [2.75, 3.05) is 4.90 Å². The predicted octanol–water partition coefficient (Wildman–Crippen LogP) is 4.27. The van der Waals surface area contributed by atoms with Gasteiger partial charge in [-0.05, 0) is 68.7 Å². The third-order valence-electron chi connectivity index (χ3n) is 5.97. The molecular formula is C28H26N2O5. The molecule has 1 N–H and O–H groups in total. The van der Waals surface area contributed by atoms with Gasteiger partial charge in [0.1, 0.15) is 0 Å². The second kappa shape index (κ2) is 9.54. The molecule has 7 heteroatoms. The number of benzene rings is 3. The van der Waals surface area contributed by atoms with Crippen LogP contribution in [-0.4, -0.2) is 29.8 Å². The zero-order chi connectivity index (χ0) is 25.3. The first kappa shape index (κ1) is 23.9. The molecule has 3 amide bonds. The molecular weight excluding hydrogens is 444 g/mol. The minimum atomic E-state index is -1.04. The van der Waals surface area contributed by atoms with Gasteiger partial charge in [0.25, 0.3) is 17.7 Å². The Morgan fingerprint density at radius 2 is 1.51 bits per heavy atom. The van der Waals surface area contributed by atoms with Gasteiger partial charge in [-0.2, -0.15) is 0 Å². The number of anilines is 1. The Balaban J connectivity index is 1.45. The van der Waals surface area contributed by atoms with Crippen molar-refractivity contribution in [3.05, 3.63) is 99.6 Å². The summed E-state index contributed by atoms with van der Waals surface area (Å²) in [5, 5.41) is 2.74. The number of hydrogen-bond acceptors (Lipinski definition) is 5. The van der Waals surface area contributed by atoms with Gasteiger partial charge in [-0.1, -0.05) is 42.0 Å². The second-order valence-corrected chi connectivity index (χ2v) is 8.75. The number of rotatable bonds is 6. The summed E-state index contributed by atoms with van der Waals surface area (Å²) >= 11 is 0. The van der Waals surface area contributed by atoms with Gasteiger partial charge >= 0.3 is 5.97 Å². The van der Waals surface area contributed by atoms with Crippen molar-refractivity contribution in [1.82, 2.24) is 5.32 Å². The van der Waals surface area contributed by atoms with E-state index in [1.54, 1.807) is 6.07 Å². The number of amides is 3. The lowest BCUT2D eigenvalue weighted by molar-refractivity contribution is -0.129. The Hall–Kier alpha value is -4.26. The summed E-state index contributed by atoms with van der Waals surface area (Å²) in [7, 11) is 0. The van der Waals surface area contributed by atoms with Gasteiger partial charge in [0.15, 0.2) is 6.10 Å². The maximum atomic E-state index is 13.1. The van der Waals surface area contributed by atoms with Gasteiger partial charge in [0.2, 0.25) is 0 Å². The summed E-state index contributed by atoms with van der Waals surface area (Å²) in [6.07, 6.45) is -1.04. The number of nitrogens with one attached hydrogen (secondary N) is 1. The Bertz CT molecular complexity index is 1340. The number of carbonyl (C=O) groups is 4. The monoisotopic (exact) mass is 470 g/mol. The van der Waals surface area contributed by atoms with Crippen LogP contribution in [0.1, 0.15) is 60.3 Å². The molecule has 3 aromatic carbocycles. The van der Waals surface area contributed by atoms with E-state index in [2.05, 4.69) is 5.32 Å². The van der Waals surface area contributed by atoms with Crippen LogP contribution in [0, 0.1) is 20.8 Å². The molecule has 0 spiro atoms. The van der Waals surface area contributed by atoms with Gasteiger partial charge in [0, 0.05) is 6.54 Å². The first-order valence-corrected chi connectivity index (χ1v) is 11.3. The molecule has 1 atom stereocenters. The van der Waals surface area contributed by atoms with Crippen LogP contribution in [-0.2, 0) is 16.1 Å². The number of hydrogen-bond donors (Lipinski definition) is 1. The molecule has 1 aliphatic rings. The van der Waals surface area contributed by atoms with Crippen molar-refractivity contribution < 1.29 is 23.9 Å². The maximum Gasteiger partial charge on any atom is 0.338 e. The van der Waals surface area contributed by atoms with Crippen molar-refractivity contribution in [2.24, 2.45) is 0 Å². The lowest BCUT2D eigenvalue weighted by Crippen LogP contribution is -2.35. The molecule has 0 saturated heterocycles. The van der Waals surface area contributed by atoms with Crippen LogP contribution in [0.5, 0.6) is 0 Å². The smallest absolute Gasteiger partial charge is 0.338 e. The van der Waals surface area contributed by atoms with E-state index in [4.69, 9.17) is 4.74 Å². The molecule has 178 valence electrons. The molecule has 4 rings (SSSR count). The van der Waals surface area contributed by atoms with E-state index in [0.717, 1.165) is 27.2 Å². The number of ether oxygens (including phenoxy) is 1. The van der Waals surface area contributed by atoms with Gasteiger partial charge in [0.05, 0.1) is 22.4 Å². The third kappa shape index (κ3) is 4.84. The number of imide groups is 1. The fourth-order valence-corrected chi connectivity index (χ4v) is 3.87. The van der Waals surface area contributed by atoms with Crippen molar-refractivity contribution in [3.8, 4) is 0 Å². The average Bonchev–Trinajstić information content (AvgIpc) is 3.09. The Labute approximate surface area is 203 Å². The molecule has 3 aromatic rings. The highest BCUT2D eigenvalue weighted by Gasteiger charge is 2.38. The Kier molecular flexibility index (Phi) is 6.51. The predicted molar refractivity (Wildman–Crippen MR) is 131 cm³/mol. The zero-order valence-corrected chi connectivity index (χ0v) is 20.0. The summed E-state index contributed by atoms with van der Waals surface area (Å²) in [5.41, 5.74) is 4.70. The van der Waals surface area contributed by atoms with Gasteiger partial charge in [-0.15, -0.1) is 0 Å². The van der Waals surface area contributed by atoms with E-state index in [1.165, 1.54) is 25.1 Å². The average molecular weight is 471 g/mol. The normalized spacial score (nSPS) is 13.4. The summed E-state index contributed by atoms with van der Waals surface area (Å²) in [6.45, 7) is 7.48. The first-order valence-electron chi connectivity index (χ1n) is 11.3. The molecule has 1 aliphatic heterocycles. The molecule has 0 fully saturated rings. The van der Waals surface area contributed by atoms with E-state index in [1.807, 2.05) is 57.2 Å². The molecule has 7 nitrogen and oxygen atoms in total. The molecule has 0 saturated carbocycles. The summed E-state index contributed by atoms with van der Waals surface area (Å²) in [5.74, 6) is -2.14. The van der Waals surface area contributed by atoms with Crippen LogP contribution < -0.4 is 10.2 Å². The van der Waals surface area contributed by atoms with Crippen molar-refractivity contribution >= 4 is 29.4 Å². The van der Waals surface area contributed by atoms with Crippen LogP contribution >= 0.6 is 0 Å². The van der Waals surface area contributed by atoms with Crippen LogP contribution in [0.3, 0.4) is 0 Å². The minimum Gasteiger partial charge on any atom is -0.449 e. The fourth-order valence-electron chi connectivity index (χ4n) is 3.87. The Morgan fingerprint density at radius 3 is 2.23 bits per heavy atom.